The molecular formula is C22H25ClF6N6O3. The molecule has 2 aromatic rings. The maximum atomic E-state index is 13.8. The van der Waals surface area contributed by atoms with Crippen molar-refractivity contribution in [3.8, 4) is 0 Å². The number of nitrogens with one attached hydrogen (secondary N) is 1. The van der Waals surface area contributed by atoms with Crippen molar-refractivity contribution in [2.75, 3.05) is 36.9 Å². The van der Waals surface area contributed by atoms with Gasteiger partial charge in [-0.05, 0) is 37.0 Å². The number of alkyl halides is 6. The van der Waals surface area contributed by atoms with E-state index in [0.717, 1.165) is 5.56 Å². The number of hydrogen-bond donors (Lipinski definition) is 2. The molecule has 9 nitrogen and oxygen atoms in total. The number of carbonyl (C=O) groups excluding carboxylic acids is 1. The highest BCUT2D eigenvalue weighted by atomic mass is 35.5. The van der Waals surface area contributed by atoms with Crippen molar-refractivity contribution in [3.63, 3.8) is 0 Å². The molecule has 0 amide bonds. The van der Waals surface area contributed by atoms with Crippen LogP contribution in [0.15, 0.2) is 24.3 Å². The number of H-pyrrole nitrogens is 1. The zero-order valence-corrected chi connectivity index (χ0v) is 20.6. The van der Waals surface area contributed by atoms with E-state index in [-0.39, 0.29) is 31.2 Å². The molecule has 3 heterocycles. The number of benzene rings is 1. The molecule has 1 aromatic carbocycles. The molecule has 210 valence electrons. The number of esters is 1. The first-order valence-corrected chi connectivity index (χ1v) is 12.1. The lowest BCUT2D eigenvalue weighted by atomic mass is 9.95. The predicted molar refractivity (Wildman–Crippen MR) is 123 cm³/mol. The number of piperidine rings is 1. The van der Waals surface area contributed by atoms with Crippen LogP contribution >= 0.6 is 11.6 Å². The summed E-state index contributed by atoms with van der Waals surface area (Å²) in [5.74, 6) is -2.38. The molecule has 2 saturated heterocycles. The zero-order valence-electron chi connectivity index (χ0n) is 19.8. The van der Waals surface area contributed by atoms with Crippen molar-refractivity contribution in [2.24, 2.45) is 0 Å². The molecule has 2 aliphatic heterocycles. The van der Waals surface area contributed by atoms with Gasteiger partial charge in [0.15, 0.2) is 0 Å². The third kappa shape index (κ3) is 6.80. The van der Waals surface area contributed by atoms with Crippen molar-refractivity contribution < 1.29 is 40.6 Å². The SMILES string of the molecule is Nc1nc(N2CCC(N3C[C@H]([C@H](OC(=O)C(F)(F)F)C(F)(F)F)OC[C@@H]3Cc3ccc(Cl)cc3)CC2)n[nH]1. The molecule has 0 spiro atoms. The summed E-state index contributed by atoms with van der Waals surface area (Å²) in [4.78, 5) is 19.1. The third-order valence-corrected chi connectivity index (χ3v) is 6.83. The van der Waals surface area contributed by atoms with Crippen LogP contribution in [0.25, 0.3) is 0 Å². The van der Waals surface area contributed by atoms with Crippen molar-refractivity contribution >= 4 is 29.5 Å². The van der Waals surface area contributed by atoms with E-state index in [4.69, 9.17) is 22.1 Å². The summed E-state index contributed by atoms with van der Waals surface area (Å²) in [6, 6.07) is 6.34. The summed E-state index contributed by atoms with van der Waals surface area (Å²) in [5.41, 5.74) is 6.44. The van der Waals surface area contributed by atoms with Crippen LogP contribution < -0.4 is 10.6 Å². The fourth-order valence-electron chi connectivity index (χ4n) is 4.78. The van der Waals surface area contributed by atoms with Gasteiger partial charge in [0.2, 0.25) is 18.0 Å². The maximum absolute atomic E-state index is 13.8. The number of nitrogens with two attached hydrogens (primary N) is 1. The molecule has 4 rings (SSSR count). The topological polar surface area (TPSA) is 110 Å². The lowest BCUT2D eigenvalue weighted by molar-refractivity contribution is -0.274. The Morgan fingerprint density at radius 2 is 1.84 bits per heavy atom. The van der Waals surface area contributed by atoms with Gasteiger partial charge in [0.05, 0.1) is 6.61 Å². The number of carbonyl (C=O) groups is 1. The number of nitrogens with zero attached hydrogens (tertiary/aromatic N) is 4. The molecule has 2 fully saturated rings. The predicted octanol–water partition coefficient (Wildman–Crippen LogP) is 3.36. The summed E-state index contributed by atoms with van der Waals surface area (Å²) in [7, 11) is 0. The minimum absolute atomic E-state index is 0.146. The number of aromatic amines is 1. The van der Waals surface area contributed by atoms with Crippen LogP contribution in [0.5, 0.6) is 0 Å². The minimum Gasteiger partial charge on any atom is -0.443 e. The van der Waals surface area contributed by atoms with Crippen molar-refractivity contribution in [2.45, 2.75) is 55.9 Å². The minimum atomic E-state index is -5.58. The summed E-state index contributed by atoms with van der Waals surface area (Å²) in [6.07, 6.45) is -14.3. The van der Waals surface area contributed by atoms with Crippen LogP contribution in [0.4, 0.5) is 38.2 Å². The second-order valence-electron chi connectivity index (χ2n) is 9.16. The standard InChI is InChI=1S/C22H25ClF6N6O3/c23-13-3-1-12(2-4-13)9-15-11-37-16(17(21(24,25)26)38-18(36)22(27,28)29)10-35(15)14-5-7-34(8-6-14)20-31-19(30)32-33-20/h1-4,14-17H,5-11H2,(H3,30,31,32,33)/t15-,16+,17-/m0/s1. The van der Waals surface area contributed by atoms with Gasteiger partial charge in [-0.2, -0.15) is 31.3 Å². The highest BCUT2D eigenvalue weighted by molar-refractivity contribution is 6.30. The first kappa shape index (κ1) is 28.2. The molecule has 3 atom stereocenters. The van der Waals surface area contributed by atoms with Gasteiger partial charge in [0.25, 0.3) is 0 Å². The fourth-order valence-corrected chi connectivity index (χ4v) is 4.90. The van der Waals surface area contributed by atoms with Gasteiger partial charge >= 0.3 is 18.3 Å². The molecule has 16 heteroatoms. The summed E-state index contributed by atoms with van der Waals surface area (Å²) < 4.78 is 88.7. The van der Waals surface area contributed by atoms with Crippen molar-refractivity contribution in [1.82, 2.24) is 20.1 Å². The molecule has 1 aromatic heterocycles. The summed E-state index contributed by atoms with van der Waals surface area (Å²) >= 11 is 5.95. The van der Waals surface area contributed by atoms with E-state index in [2.05, 4.69) is 19.9 Å². The van der Waals surface area contributed by atoms with E-state index in [0.29, 0.717) is 43.3 Å². The Hall–Kier alpha value is -2.78. The summed E-state index contributed by atoms with van der Waals surface area (Å²) in [6.45, 7) is 0.361. The second-order valence-corrected chi connectivity index (χ2v) is 9.59. The molecule has 0 radical (unpaired) electrons. The van der Waals surface area contributed by atoms with Crippen LogP contribution in [0, 0.1) is 0 Å². The molecule has 3 N–H and O–H groups in total. The van der Waals surface area contributed by atoms with Crippen LogP contribution in [0.2, 0.25) is 5.02 Å². The largest absolute Gasteiger partial charge is 0.490 e. The van der Waals surface area contributed by atoms with Crippen LogP contribution in [0.3, 0.4) is 0 Å². The highest BCUT2D eigenvalue weighted by Gasteiger charge is 2.54. The summed E-state index contributed by atoms with van der Waals surface area (Å²) in [5, 5.41) is 7.09. The number of nitrogen functional groups attached to an aromatic ring is 1. The first-order chi connectivity index (χ1) is 17.8. The van der Waals surface area contributed by atoms with E-state index in [1.807, 2.05) is 9.80 Å². The van der Waals surface area contributed by atoms with E-state index >= 15 is 0 Å². The Labute approximate surface area is 218 Å². The Morgan fingerprint density at radius 3 is 2.39 bits per heavy atom. The van der Waals surface area contributed by atoms with E-state index in [9.17, 15) is 31.1 Å². The Morgan fingerprint density at radius 1 is 1.18 bits per heavy atom. The van der Waals surface area contributed by atoms with Gasteiger partial charge in [0, 0.05) is 36.7 Å². The average molecular weight is 571 g/mol. The lowest BCUT2D eigenvalue weighted by Crippen LogP contribution is -2.61. The fraction of sp³-hybridized carbons (Fsp3) is 0.591. The van der Waals surface area contributed by atoms with Gasteiger partial charge in [0.1, 0.15) is 6.10 Å². The van der Waals surface area contributed by atoms with E-state index in [1.165, 1.54) is 0 Å². The Bertz CT molecular complexity index is 1090. The zero-order chi connectivity index (χ0) is 27.7. The number of rotatable bonds is 6. The number of ether oxygens (including phenoxy) is 2. The second kappa shape index (κ2) is 11.1. The third-order valence-electron chi connectivity index (χ3n) is 6.58. The molecule has 2 aliphatic rings. The van der Waals surface area contributed by atoms with Crippen LogP contribution in [0.1, 0.15) is 18.4 Å². The van der Waals surface area contributed by atoms with Gasteiger partial charge in [-0.3, -0.25) is 4.90 Å². The van der Waals surface area contributed by atoms with Crippen LogP contribution in [-0.2, 0) is 20.7 Å². The van der Waals surface area contributed by atoms with Gasteiger partial charge < -0.3 is 20.1 Å². The molecule has 0 bridgehead atoms. The molecular weight excluding hydrogens is 546 g/mol. The van der Waals surface area contributed by atoms with E-state index < -0.39 is 30.5 Å². The van der Waals surface area contributed by atoms with E-state index in [1.54, 1.807) is 24.3 Å². The Balaban J connectivity index is 1.53. The van der Waals surface area contributed by atoms with Gasteiger partial charge in [-0.1, -0.05) is 23.7 Å². The molecule has 0 saturated carbocycles. The molecule has 38 heavy (non-hydrogen) atoms. The van der Waals surface area contributed by atoms with Crippen LogP contribution in [-0.4, -0.2) is 88.9 Å². The first-order valence-electron chi connectivity index (χ1n) is 11.7. The van der Waals surface area contributed by atoms with Crippen molar-refractivity contribution in [1.29, 1.82) is 0 Å². The maximum Gasteiger partial charge on any atom is 0.490 e. The quantitative estimate of drug-likeness (QED) is 0.402. The monoisotopic (exact) mass is 570 g/mol. The highest BCUT2D eigenvalue weighted by Crippen LogP contribution is 2.34. The number of aromatic nitrogens is 3. The van der Waals surface area contributed by atoms with Crippen molar-refractivity contribution in [3.05, 3.63) is 34.9 Å². The average Bonchev–Trinajstić information content (AvgIpc) is 3.29. The number of halogens is 7. The normalized spacial score (nSPS) is 22.9. The van der Waals surface area contributed by atoms with Gasteiger partial charge in [-0.25, -0.2) is 9.89 Å². The van der Waals surface area contributed by atoms with Gasteiger partial charge in [-0.15, -0.1) is 5.10 Å². The smallest absolute Gasteiger partial charge is 0.443 e. The number of hydrogen-bond acceptors (Lipinski definition) is 8. The lowest BCUT2D eigenvalue weighted by Gasteiger charge is -2.47. The Kier molecular flexibility index (Phi) is 8.28. The number of anilines is 2. The molecule has 0 unspecified atom stereocenters. The molecule has 0 aliphatic carbocycles. The number of morpholine rings is 1.